The van der Waals surface area contributed by atoms with Gasteiger partial charge in [-0.3, -0.25) is 9.36 Å². The molecule has 0 aliphatic carbocycles. The predicted octanol–water partition coefficient (Wildman–Crippen LogP) is 1.64. The van der Waals surface area contributed by atoms with Crippen molar-refractivity contribution >= 4 is 38.8 Å². The van der Waals surface area contributed by atoms with Gasteiger partial charge in [0.2, 0.25) is 10.0 Å². The van der Waals surface area contributed by atoms with Crippen LogP contribution in [-0.4, -0.2) is 73.6 Å². The van der Waals surface area contributed by atoms with Crippen LogP contribution in [0.3, 0.4) is 0 Å². The van der Waals surface area contributed by atoms with E-state index in [1.807, 2.05) is 50.6 Å². The number of carboxylic acid groups (broad SMARTS) is 2. The van der Waals surface area contributed by atoms with Gasteiger partial charge < -0.3 is 15.1 Å². The molecular weight excluding hydrogens is 462 g/mol. The number of rotatable bonds is 7. The third kappa shape index (κ3) is 7.24. The Hall–Kier alpha value is -3.54. The minimum Gasteiger partial charge on any atom is -0.473 e. The molecule has 0 bridgehead atoms. The maximum Gasteiger partial charge on any atom is 0.414 e. The van der Waals surface area contributed by atoms with E-state index in [1.165, 1.54) is 7.05 Å². The van der Waals surface area contributed by atoms with Crippen LogP contribution < -0.4 is 4.72 Å². The Labute approximate surface area is 197 Å². The van der Waals surface area contributed by atoms with Crippen LogP contribution in [0.5, 0.6) is 0 Å². The van der Waals surface area contributed by atoms with E-state index in [2.05, 4.69) is 9.62 Å². The number of likely N-dealkylation sites (N-methyl/N-ethyl adjacent to an activating group) is 1. The molecule has 0 saturated heterocycles. The number of aromatic nitrogens is 1. The monoisotopic (exact) mass is 489 g/mol. The zero-order valence-electron chi connectivity index (χ0n) is 19.1. The number of hydrogen-bond donors (Lipinski definition) is 3. The van der Waals surface area contributed by atoms with Crippen LogP contribution in [0.15, 0.2) is 54.7 Å². The lowest BCUT2D eigenvalue weighted by molar-refractivity contribution is -0.159. The topological polar surface area (TPSA) is 146 Å². The second-order valence-corrected chi connectivity index (χ2v) is 9.60. The molecular formula is C23H27N3O7S. The van der Waals surface area contributed by atoms with Crippen molar-refractivity contribution in [1.29, 1.82) is 0 Å². The summed E-state index contributed by atoms with van der Waals surface area (Å²) in [6.45, 7) is 0.831. The van der Waals surface area contributed by atoms with Gasteiger partial charge in [-0.2, -0.15) is 0 Å². The first kappa shape index (κ1) is 26.7. The normalized spacial score (nSPS) is 11.2. The summed E-state index contributed by atoms with van der Waals surface area (Å²) in [5.74, 6) is -3.84. The van der Waals surface area contributed by atoms with Crippen LogP contribution in [0.4, 0.5) is 0 Å². The number of aliphatic carboxylic acids is 2. The number of carbonyl (C=O) groups is 3. The van der Waals surface area contributed by atoms with E-state index < -0.39 is 22.0 Å². The second-order valence-electron chi connectivity index (χ2n) is 7.67. The van der Waals surface area contributed by atoms with Crippen molar-refractivity contribution in [3.63, 3.8) is 0 Å². The van der Waals surface area contributed by atoms with Gasteiger partial charge in [-0.1, -0.05) is 24.3 Å². The van der Waals surface area contributed by atoms with Crippen LogP contribution in [-0.2, 0) is 31.8 Å². The minimum atomic E-state index is -3.36. The molecule has 0 atom stereocenters. The molecule has 0 aliphatic rings. The molecule has 0 radical (unpaired) electrons. The van der Waals surface area contributed by atoms with Gasteiger partial charge in [0.25, 0.3) is 5.91 Å². The first-order valence-electron chi connectivity index (χ1n) is 10.2. The highest BCUT2D eigenvalue weighted by molar-refractivity contribution is 7.88. The van der Waals surface area contributed by atoms with Gasteiger partial charge in [0.05, 0.1) is 11.3 Å². The Bertz CT molecular complexity index is 1270. The van der Waals surface area contributed by atoms with Gasteiger partial charge >= 0.3 is 11.9 Å². The zero-order chi connectivity index (χ0) is 25.5. The number of hydrogen-bond acceptors (Lipinski definition) is 6. The van der Waals surface area contributed by atoms with Gasteiger partial charge in [-0.05, 0) is 63.0 Å². The summed E-state index contributed by atoms with van der Waals surface area (Å²) < 4.78 is 27.9. The fraction of sp³-hybridized carbons (Fsp3) is 0.261. The number of benzene rings is 2. The lowest BCUT2D eigenvalue weighted by atomic mass is 10.1. The quantitative estimate of drug-likeness (QED) is 0.425. The van der Waals surface area contributed by atoms with Crippen LogP contribution in [0.25, 0.3) is 10.9 Å². The van der Waals surface area contributed by atoms with Crippen molar-refractivity contribution in [2.45, 2.75) is 12.2 Å². The number of nitrogens with zero attached hydrogens (tertiary/aromatic N) is 2. The molecule has 34 heavy (non-hydrogen) atoms. The second kappa shape index (κ2) is 11.5. The SMILES string of the molecule is CNS(=O)(=O)Cc1ccc2c(c1)c(CCN(C)C)cn2C(=O)c1ccccc1.O=C(O)C(=O)O. The standard InChI is InChI=1S/C21H25N3O3S.C2H2O4/c1-22-28(26,27)15-16-9-10-20-19(13-16)18(11-12-23(2)3)14-24(20)21(25)17-7-5-4-6-8-17;3-1(4)2(5)6/h4-10,13-14,22H,11-12,15H2,1-3H3;(H,3,4)(H,5,6). The molecule has 10 nitrogen and oxygen atoms in total. The molecule has 0 spiro atoms. The Morgan fingerprint density at radius 3 is 2.15 bits per heavy atom. The van der Waals surface area contributed by atoms with E-state index in [9.17, 15) is 13.2 Å². The Balaban J connectivity index is 0.000000604. The number of sulfonamides is 1. The van der Waals surface area contributed by atoms with Crippen molar-refractivity contribution in [3.8, 4) is 0 Å². The van der Waals surface area contributed by atoms with Crippen LogP contribution >= 0.6 is 0 Å². The lowest BCUT2D eigenvalue weighted by Gasteiger charge is -2.08. The van der Waals surface area contributed by atoms with Crippen molar-refractivity contribution in [2.24, 2.45) is 0 Å². The highest BCUT2D eigenvalue weighted by atomic mass is 32.2. The summed E-state index contributed by atoms with van der Waals surface area (Å²) >= 11 is 0. The highest BCUT2D eigenvalue weighted by Gasteiger charge is 2.17. The minimum absolute atomic E-state index is 0.0929. The summed E-state index contributed by atoms with van der Waals surface area (Å²) in [6.07, 6.45) is 2.64. The smallest absolute Gasteiger partial charge is 0.414 e. The van der Waals surface area contributed by atoms with Gasteiger partial charge in [-0.15, -0.1) is 0 Å². The molecule has 3 aromatic rings. The molecule has 182 valence electrons. The molecule has 11 heteroatoms. The number of carboxylic acids is 2. The highest BCUT2D eigenvalue weighted by Crippen LogP contribution is 2.25. The molecule has 1 aromatic heterocycles. The molecule has 1 heterocycles. The molecule has 0 unspecified atom stereocenters. The molecule has 2 aromatic carbocycles. The predicted molar refractivity (Wildman–Crippen MR) is 127 cm³/mol. The average Bonchev–Trinajstić information content (AvgIpc) is 3.15. The summed E-state index contributed by atoms with van der Waals surface area (Å²) in [6, 6.07) is 14.6. The third-order valence-electron chi connectivity index (χ3n) is 4.87. The van der Waals surface area contributed by atoms with E-state index in [1.54, 1.807) is 22.8 Å². The van der Waals surface area contributed by atoms with E-state index >= 15 is 0 Å². The number of fused-ring (bicyclic) bond motifs is 1. The maximum absolute atomic E-state index is 13.0. The van der Waals surface area contributed by atoms with Crippen molar-refractivity contribution < 1.29 is 33.0 Å². The Morgan fingerprint density at radius 2 is 1.62 bits per heavy atom. The molecule has 0 fully saturated rings. The van der Waals surface area contributed by atoms with Crippen molar-refractivity contribution in [3.05, 3.63) is 71.4 Å². The van der Waals surface area contributed by atoms with Gasteiger partial charge in [0.15, 0.2) is 0 Å². The molecule has 0 saturated carbocycles. The van der Waals surface area contributed by atoms with Crippen LogP contribution in [0, 0.1) is 0 Å². The fourth-order valence-corrected chi connectivity index (χ4v) is 3.92. The lowest BCUT2D eigenvalue weighted by Crippen LogP contribution is -2.20. The summed E-state index contributed by atoms with van der Waals surface area (Å²) in [5.41, 5.74) is 3.11. The Kier molecular flexibility index (Phi) is 9.07. The summed E-state index contributed by atoms with van der Waals surface area (Å²) in [4.78, 5) is 33.3. The summed E-state index contributed by atoms with van der Waals surface area (Å²) in [5, 5.41) is 15.7. The number of nitrogens with one attached hydrogen (secondary N) is 1. The molecule has 3 rings (SSSR count). The third-order valence-corrected chi connectivity index (χ3v) is 6.21. The fourth-order valence-electron chi connectivity index (χ4n) is 3.16. The van der Waals surface area contributed by atoms with Crippen molar-refractivity contribution in [2.75, 3.05) is 27.7 Å². The zero-order valence-corrected chi connectivity index (χ0v) is 19.9. The van der Waals surface area contributed by atoms with Crippen molar-refractivity contribution in [1.82, 2.24) is 14.2 Å². The average molecular weight is 490 g/mol. The molecule has 0 amide bonds. The molecule has 3 N–H and O–H groups in total. The van der Waals surface area contributed by atoms with E-state index in [4.69, 9.17) is 19.8 Å². The van der Waals surface area contributed by atoms with Crippen LogP contribution in [0.2, 0.25) is 0 Å². The van der Waals surface area contributed by atoms with Gasteiger partial charge in [-0.25, -0.2) is 22.7 Å². The maximum atomic E-state index is 13.0. The van der Waals surface area contributed by atoms with E-state index in [-0.39, 0.29) is 11.7 Å². The summed E-state index contributed by atoms with van der Waals surface area (Å²) in [7, 11) is 2.04. The molecule has 0 aliphatic heterocycles. The largest absolute Gasteiger partial charge is 0.473 e. The van der Waals surface area contributed by atoms with Gasteiger partial charge in [0, 0.05) is 23.7 Å². The Morgan fingerprint density at radius 1 is 1.00 bits per heavy atom. The van der Waals surface area contributed by atoms with E-state index in [0.717, 1.165) is 29.4 Å². The van der Waals surface area contributed by atoms with Crippen LogP contribution in [0.1, 0.15) is 21.5 Å². The first-order valence-corrected chi connectivity index (χ1v) is 11.8. The van der Waals surface area contributed by atoms with E-state index in [0.29, 0.717) is 11.1 Å². The first-order chi connectivity index (χ1) is 15.9. The van der Waals surface area contributed by atoms with Gasteiger partial charge in [0.1, 0.15) is 0 Å². The number of carbonyl (C=O) groups excluding carboxylic acids is 1.